The van der Waals surface area contributed by atoms with Crippen LogP contribution in [-0.4, -0.2) is 13.4 Å². The number of rotatable bonds is 5. The van der Waals surface area contributed by atoms with Crippen molar-refractivity contribution in [3.8, 4) is 5.75 Å². The van der Waals surface area contributed by atoms with Gasteiger partial charge < -0.3 is 9.53 Å². The maximum atomic E-state index is 10.6. The molecule has 1 atom stereocenters. The molecule has 0 amide bonds. The predicted molar refractivity (Wildman–Crippen MR) is 71.2 cm³/mol. The molecule has 1 aromatic carbocycles. The zero-order chi connectivity index (χ0) is 13.0. The van der Waals surface area contributed by atoms with Crippen LogP contribution in [0.2, 0.25) is 5.02 Å². The Kier molecular flexibility index (Phi) is 5.01. The number of ether oxygens (including phenoxy) is 1. The van der Waals surface area contributed by atoms with Gasteiger partial charge in [0.15, 0.2) is 0 Å². The van der Waals surface area contributed by atoms with Gasteiger partial charge in [-0.2, -0.15) is 0 Å². The van der Waals surface area contributed by atoms with Crippen molar-refractivity contribution in [3.63, 3.8) is 0 Å². The van der Waals surface area contributed by atoms with Crippen LogP contribution in [-0.2, 0) is 4.79 Å². The van der Waals surface area contributed by atoms with E-state index in [1.807, 2.05) is 13.0 Å². The molecule has 1 unspecified atom stereocenters. The Balaban J connectivity index is 3.23. The van der Waals surface area contributed by atoms with Crippen LogP contribution in [0, 0.1) is 0 Å². The van der Waals surface area contributed by atoms with Gasteiger partial charge in [0.25, 0.3) is 0 Å². The van der Waals surface area contributed by atoms with E-state index in [1.165, 1.54) is 0 Å². The number of hydrogen-bond donors (Lipinski definition) is 0. The van der Waals surface area contributed by atoms with Crippen LogP contribution in [0.5, 0.6) is 5.75 Å². The summed E-state index contributed by atoms with van der Waals surface area (Å²) in [5.74, 6) is 1.27. The molecular weight excluding hydrogens is 236 g/mol. The number of benzene rings is 1. The van der Waals surface area contributed by atoms with Crippen molar-refractivity contribution in [3.05, 3.63) is 28.3 Å². The zero-order valence-electron chi connectivity index (χ0n) is 10.8. The van der Waals surface area contributed by atoms with Crippen LogP contribution in [0.3, 0.4) is 0 Å². The first-order chi connectivity index (χ1) is 8.01. The summed E-state index contributed by atoms with van der Waals surface area (Å²) in [6.07, 6.45) is 1.46. The van der Waals surface area contributed by atoms with Crippen molar-refractivity contribution in [1.29, 1.82) is 0 Å². The van der Waals surface area contributed by atoms with Gasteiger partial charge >= 0.3 is 0 Å². The van der Waals surface area contributed by atoms with Gasteiger partial charge in [0, 0.05) is 6.42 Å². The van der Waals surface area contributed by atoms with Gasteiger partial charge in [0.1, 0.15) is 12.0 Å². The van der Waals surface area contributed by atoms with Crippen LogP contribution >= 0.6 is 11.6 Å². The Morgan fingerprint density at radius 1 is 1.35 bits per heavy atom. The monoisotopic (exact) mass is 254 g/mol. The van der Waals surface area contributed by atoms with Crippen LogP contribution < -0.4 is 4.74 Å². The lowest BCUT2D eigenvalue weighted by atomic mass is 9.92. The second-order valence-corrected chi connectivity index (χ2v) is 4.99. The van der Waals surface area contributed by atoms with Crippen LogP contribution in [0.4, 0.5) is 0 Å². The first-order valence-corrected chi connectivity index (χ1v) is 6.20. The summed E-state index contributed by atoms with van der Waals surface area (Å²) in [7, 11) is 1.63. The largest absolute Gasteiger partial charge is 0.495 e. The lowest BCUT2D eigenvalue weighted by Gasteiger charge is -2.17. The summed E-state index contributed by atoms with van der Waals surface area (Å²) in [5, 5.41) is 0.617. The molecule has 0 aliphatic carbocycles. The summed E-state index contributed by atoms with van der Waals surface area (Å²) in [6.45, 7) is 6.22. The number of aldehydes is 1. The third-order valence-corrected chi connectivity index (χ3v) is 3.22. The molecular formula is C14H19ClO2. The summed E-state index contributed by atoms with van der Waals surface area (Å²) >= 11 is 6.21. The molecule has 0 saturated heterocycles. The molecule has 2 nitrogen and oxygen atoms in total. The topological polar surface area (TPSA) is 26.3 Å². The first kappa shape index (κ1) is 14.0. The molecule has 0 spiro atoms. The third-order valence-electron chi connectivity index (χ3n) is 2.94. The van der Waals surface area contributed by atoms with E-state index < -0.39 is 0 Å². The average molecular weight is 255 g/mol. The fraction of sp³-hybridized carbons (Fsp3) is 0.500. The molecule has 3 heteroatoms. The number of halogens is 1. The highest BCUT2D eigenvalue weighted by Crippen LogP contribution is 2.37. The number of carbonyl (C=O) groups excluding carboxylic acids is 1. The fourth-order valence-electron chi connectivity index (χ4n) is 1.85. The van der Waals surface area contributed by atoms with Gasteiger partial charge in [-0.1, -0.05) is 38.4 Å². The molecule has 0 aliphatic heterocycles. The summed E-state index contributed by atoms with van der Waals surface area (Å²) < 4.78 is 5.33. The van der Waals surface area contributed by atoms with Crippen molar-refractivity contribution in [2.24, 2.45) is 0 Å². The molecule has 0 bridgehead atoms. The van der Waals surface area contributed by atoms with Gasteiger partial charge in [0.2, 0.25) is 0 Å². The molecule has 0 radical (unpaired) electrons. The van der Waals surface area contributed by atoms with Crippen LogP contribution in [0.25, 0.3) is 0 Å². The lowest BCUT2D eigenvalue weighted by Crippen LogP contribution is -2.00. The van der Waals surface area contributed by atoms with Gasteiger partial charge in [-0.05, 0) is 29.0 Å². The molecule has 0 aromatic heterocycles. The Morgan fingerprint density at radius 3 is 2.47 bits per heavy atom. The van der Waals surface area contributed by atoms with E-state index in [4.69, 9.17) is 16.3 Å². The maximum absolute atomic E-state index is 10.6. The molecule has 0 heterocycles. The van der Waals surface area contributed by atoms with E-state index in [0.717, 1.165) is 23.2 Å². The molecule has 0 fully saturated rings. The Labute approximate surface area is 108 Å². The second kappa shape index (κ2) is 6.06. The second-order valence-electron chi connectivity index (χ2n) is 4.58. The molecule has 1 aromatic rings. The Bertz CT molecular complexity index is 399. The van der Waals surface area contributed by atoms with Gasteiger partial charge in [-0.3, -0.25) is 0 Å². The summed E-state index contributed by atoms with van der Waals surface area (Å²) in [6, 6.07) is 3.98. The van der Waals surface area contributed by atoms with E-state index in [2.05, 4.69) is 19.9 Å². The zero-order valence-corrected chi connectivity index (χ0v) is 11.5. The minimum Gasteiger partial charge on any atom is -0.495 e. The Hall–Kier alpha value is -1.02. The number of methoxy groups -OCH3 is 1. The van der Waals surface area contributed by atoms with E-state index in [0.29, 0.717) is 17.4 Å². The Morgan fingerprint density at radius 2 is 2.00 bits per heavy atom. The number of carbonyl (C=O) groups is 1. The highest BCUT2D eigenvalue weighted by molar-refractivity contribution is 6.32. The summed E-state index contributed by atoms with van der Waals surface area (Å²) in [5.41, 5.74) is 2.18. The standard InChI is InChI=1S/C14H19ClO2/c1-9(2)12-7-11(10(3)5-6-16)8-13(15)14(12)17-4/h6-10H,5H2,1-4H3. The molecule has 17 heavy (non-hydrogen) atoms. The van der Waals surface area contributed by atoms with Crippen molar-refractivity contribution < 1.29 is 9.53 Å². The number of hydrogen-bond acceptors (Lipinski definition) is 2. The summed E-state index contributed by atoms with van der Waals surface area (Å²) in [4.78, 5) is 10.6. The van der Waals surface area contributed by atoms with E-state index in [9.17, 15) is 4.79 Å². The van der Waals surface area contributed by atoms with Gasteiger partial charge in [-0.15, -0.1) is 0 Å². The van der Waals surface area contributed by atoms with Crippen LogP contribution in [0.15, 0.2) is 12.1 Å². The highest BCUT2D eigenvalue weighted by Gasteiger charge is 2.15. The van der Waals surface area contributed by atoms with Gasteiger partial charge in [0.05, 0.1) is 12.1 Å². The maximum Gasteiger partial charge on any atom is 0.140 e. The normalized spacial score (nSPS) is 12.6. The molecule has 0 aliphatic rings. The van der Waals surface area contributed by atoms with Crippen molar-refractivity contribution >= 4 is 17.9 Å². The van der Waals surface area contributed by atoms with Crippen molar-refractivity contribution in [1.82, 2.24) is 0 Å². The van der Waals surface area contributed by atoms with Crippen molar-refractivity contribution in [2.45, 2.75) is 39.0 Å². The van der Waals surface area contributed by atoms with Crippen LogP contribution in [0.1, 0.15) is 50.2 Å². The molecule has 94 valence electrons. The minimum absolute atomic E-state index is 0.188. The SMILES string of the molecule is COc1c(Cl)cc(C(C)CC=O)cc1C(C)C. The quantitative estimate of drug-likeness (QED) is 0.738. The van der Waals surface area contributed by atoms with E-state index >= 15 is 0 Å². The van der Waals surface area contributed by atoms with E-state index in [1.54, 1.807) is 7.11 Å². The van der Waals surface area contributed by atoms with Gasteiger partial charge in [-0.25, -0.2) is 0 Å². The lowest BCUT2D eigenvalue weighted by molar-refractivity contribution is -0.108. The smallest absolute Gasteiger partial charge is 0.140 e. The predicted octanol–water partition coefficient (Wildman–Crippen LogP) is 4.16. The fourth-order valence-corrected chi connectivity index (χ4v) is 2.16. The average Bonchev–Trinajstić information content (AvgIpc) is 2.28. The molecule has 0 saturated carbocycles. The minimum atomic E-state index is 0.188. The first-order valence-electron chi connectivity index (χ1n) is 5.82. The molecule has 1 rings (SSSR count). The van der Waals surface area contributed by atoms with Crippen molar-refractivity contribution in [2.75, 3.05) is 7.11 Å². The highest BCUT2D eigenvalue weighted by atomic mass is 35.5. The third kappa shape index (κ3) is 3.22. The van der Waals surface area contributed by atoms with E-state index in [-0.39, 0.29) is 5.92 Å². The molecule has 0 N–H and O–H groups in total.